The number of anilines is 1. The van der Waals surface area contributed by atoms with Crippen molar-refractivity contribution in [2.45, 2.75) is 46.2 Å². The fourth-order valence-corrected chi connectivity index (χ4v) is 4.48. The molecule has 0 bridgehead atoms. The van der Waals surface area contributed by atoms with Crippen LogP contribution in [-0.2, 0) is 6.54 Å². The number of hydrogen-bond acceptors (Lipinski definition) is 2. The summed E-state index contributed by atoms with van der Waals surface area (Å²) in [6, 6.07) is 9.71. The van der Waals surface area contributed by atoms with Crippen molar-refractivity contribution >= 4 is 34.8 Å². The van der Waals surface area contributed by atoms with E-state index in [4.69, 9.17) is 28.3 Å². The van der Waals surface area contributed by atoms with Crippen molar-refractivity contribution in [3.05, 3.63) is 80.3 Å². The monoisotopic (exact) mass is 445 g/mol. The quantitative estimate of drug-likeness (QED) is 0.457. The number of aryl methyl sites for hydroxylation is 2. The number of benzene rings is 2. The van der Waals surface area contributed by atoms with Crippen molar-refractivity contribution in [1.29, 1.82) is 0 Å². The molecule has 2 aromatic carbocycles. The van der Waals surface area contributed by atoms with Crippen molar-refractivity contribution in [2.75, 3.05) is 4.90 Å². The van der Waals surface area contributed by atoms with Gasteiger partial charge in [-0.2, -0.15) is 5.10 Å². The number of halogens is 3. The predicted molar refractivity (Wildman–Crippen MR) is 118 cm³/mol. The predicted octanol–water partition coefficient (Wildman–Crippen LogP) is 6.53. The third-order valence-electron chi connectivity index (χ3n) is 5.54. The van der Waals surface area contributed by atoms with Crippen LogP contribution in [-0.4, -0.2) is 15.7 Å². The number of carbonyl (C=O) groups is 1. The van der Waals surface area contributed by atoms with E-state index in [9.17, 15) is 4.79 Å². The second kappa shape index (κ2) is 7.71. The summed E-state index contributed by atoms with van der Waals surface area (Å²) in [6.45, 7) is 8.51. The summed E-state index contributed by atoms with van der Waals surface area (Å²) >= 11 is 12.4. The van der Waals surface area contributed by atoms with Crippen molar-refractivity contribution < 1.29 is 9.18 Å². The minimum atomic E-state index is -0.621. The zero-order valence-corrected chi connectivity index (χ0v) is 18.7. The largest absolute Gasteiger partial charge is 0.292 e. The van der Waals surface area contributed by atoms with Crippen LogP contribution in [0.5, 0.6) is 0 Å². The Labute approximate surface area is 185 Å². The SMILES string of the molecule is CCn1nc(C(C)C)c2c1C(=O)N(c1cccc(Cl)c1F)C2c1cc(Cl)ccc1C. The average molecular weight is 446 g/mol. The van der Waals surface area contributed by atoms with Gasteiger partial charge in [0.15, 0.2) is 5.82 Å². The molecule has 4 nitrogen and oxygen atoms in total. The highest BCUT2D eigenvalue weighted by Crippen LogP contribution is 2.47. The van der Waals surface area contributed by atoms with Gasteiger partial charge in [0.05, 0.1) is 22.4 Å². The van der Waals surface area contributed by atoms with Crippen LogP contribution in [0.15, 0.2) is 36.4 Å². The number of aromatic nitrogens is 2. The van der Waals surface area contributed by atoms with E-state index in [-0.39, 0.29) is 22.5 Å². The highest BCUT2D eigenvalue weighted by molar-refractivity contribution is 6.31. The van der Waals surface area contributed by atoms with Crippen LogP contribution >= 0.6 is 23.2 Å². The van der Waals surface area contributed by atoms with Crippen LogP contribution in [0, 0.1) is 12.7 Å². The summed E-state index contributed by atoms with van der Waals surface area (Å²) < 4.78 is 16.8. The summed E-state index contributed by atoms with van der Waals surface area (Å²) in [7, 11) is 0. The summed E-state index contributed by atoms with van der Waals surface area (Å²) in [5.41, 5.74) is 4.06. The molecule has 1 aromatic heterocycles. The summed E-state index contributed by atoms with van der Waals surface area (Å²) in [5, 5.41) is 5.24. The van der Waals surface area contributed by atoms with Gasteiger partial charge in [-0.15, -0.1) is 0 Å². The van der Waals surface area contributed by atoms with E-state index in [0.717, 1.165) is 22.4 Å². The second-order valence-electron chi connectivity index (χ2n) is 7.77. The minimum absolute atomic E-state index is 0.0287. The fourth-order valence-electron chi connectivity index (χ4n) is 4.13. The summed E-state index contributed by atoms with van der Waals surface area (Å²) in [5.74, 6) is -0.827. The molecule has 0 saturated carbocycles. The van der Waals surface area contributed by atoms with E-state index in [1.807, 2.05) is 39.8 Å². The third kappa shape index (κ3) is 3.12. The average Bonchev–Trinajstić information content (AvgIpc) is 3.22. The van der Waals surface area contributed by atoms with Gasteiger partial charge in [-0.1, -0.05) is 49.2 Å². The van der Waals surface area contributed by atoms with Crippen LogP contribution in [0.25, 0.3) is 0 Å². The van der Waals surface area contributed by atoms with Gasteiger partial charge in [0.1, 0.15) is 5.69 Å². The molecule has 0 spiro atoms. The Kier molecular flexibility index (Phi) is 5.37. The first-order chi connectivity index (χ1) is 14.3. The Morgan fingerprint density at radius 2 is 1.93 bits per heavy atom. The molecule has 0 N–H and O–H groups in total. The van der Waals surface area contributed by atoms with Gasteiger partial charge in [-0.3, -0.25) is 14.4 Å². The standard InChI is InChI=1S/C23H22Cl2FN3O/c1-5-28-22-18(20(27-28)12(2)3)21(15-11-14(24)10-9-13(15)4)29(23(22)30)17-8-6-7-16(25)19(17)26/h6-12,21H,5H2,1-4H3. The topological polar surface area (TPSA) is 38.1 Å². The molecule has 156 valence electrons. The van der Waals surface area contributed by atoms with Crippen molar-refractivity contribution in [2.24, 2.45) is 0 Å². The summed E-state index contributed by atoms with van der Waals surface area (Å²) in [4.78, 5) is 15.2. The van der Waals surface area contributed by atoms with Gasteiger partial charge in [0.25, 0.3) is 5.91 Å². The smallest absolute Gasteiger partial charge is 0.277 e. The Morgan fingerprint density at radius 1 is 1.20 bits per heavy atom. The van der Waals surface area contributed by atoms with E-state index in [1.54, 1.807) is 22.9 Å². The molecule has 7 heteroatoms. The Morgan fingerprint density at radius 3 is 2.60 bits per heavy atom. The maximum atomic E-state index is 15.1. The van der Waals surface area contributed by atoms with Gasteiger partial charge >= 0.3 is 0 Å². The molecule has 1 amide bonds. The molecule has 3 aromatic rings. The van der Waals surface area contributed by atoms with E-state index in [2.05, 4.69) is 0 Å². The maximum absolute atomic E-state index is 15.1. The van der Waals surface area contributed by atoms with E-state index < -0.39 is 11.9 Å². The minimum Gasteiger partial charge on any atom is -0.292 e. The van der Waals surface area contributed by atoms with Crippen molar-refractivity contribution in [3.8, 4) is 0 Å². The normalized spacial score (nSPS) is 15.9. The molecule has 2 heterocycles. The molecule has 1 aliphatic rings. The highest BCUT2D eigenvalue weighted by Gasteiger charge is 2.46. The Hall–Kier alpha value is -2.37. The lowest BCUT2D eigenvalue weighted by Crippen LogP contribution is -2.31. The van der Waals surface area contributed by atoms with Gasteiger partial charge < -0.3 is 0 Å². The lowest BCUT2D eigenvalue weighted by atomic mass is 9.92. The first kappa shape index (κ1) is 20.9. The number of fused-ring (bicyclic) bond motifs is 1. The van der Waals surface area contributed by atoms with Crippen LogP contribution in [0.2, 0.25) is 10.0 Å². The van der Waals surface area contributed by atoms with Crippen LogP contribution in [0.4, 0.5) is 10.1 Å². The zero-order valence-electron chi connectivity index (χ0n) is 17.2. The van der Waals surface area contributed by atoms with Crippen LogP contribution < -0.4 is 4.90 Å². The molecule has 4 rings (SSSR count). The summed E-state index contributed by atoms with van der Waals surface area (Å²) in [6.07, 6.45) is 0. The van der Waals surface area contributed by atoms with Crippen molar-refractivity contribution in [1.82, 2.24) is 9.78 Å². The fraction of sp³-hybridized carbons (Fsp3) is 0.304. The number of hydrogen-bond donors (Lipinski definition) is 0. The molecular weight excluding hydrogens is 424 g/mol. The second-order valence-corrected chi connectivity index (χ2v) is 8.61. The molecule has 30 heavy (non-hydrogen) atoms. The Balaban J connectivity index is 2.06. The van der Waals surface area contributed by atoms with Crippen LogP contribution in [0.1, 0.15) is 65.6 Å². The molecule has 0 saturated heterocycles. The maximum Gasteiger partial charge on any atom is 0.277 e. The number of amides is 1. The highest BCUT2D eigenvalue weighted by atomic mass is 35.5. The third-order valence-corrected chi connectivity index (χ3v) is 6.07. The van der Waals surface area contributed by atoms with Crippen molar-refractivity contribution in [3.63, 3.8) is 0 Å². The van der Waals surface area contributed by atoms with Gasteiger partial charge in [0, 0.05) is 17.1 Å². The van der Waals surface area contributed by atoms with E-state index in [1.165, 1.54) is 11.0 Å². The molecular formula is C23H22Cl2FN3O. The van der Waals surface area contributed by atoms with Gasteiger partial charge in [0.2, 0.25) is 0 Å². The van der Waals surface area contributed by atoms with Gasteiger partial charge in [-0.25, -0.2) is 4.39 Å². The first-order valence-corrected chi connectivity index (χ1v) is 10.7. The van der Waals surface area contributed by atoms with Crippen LogP contribution in [0.3, 0.4) is 0 Å². The lowest BCUT2D eigenvalue weighted by molar-refractivity contribution is 0.0982. The van der Waals surface area contributed by atoms with E-state index in [0.29, 0.717) is 17.3 Å². The molecule has 0 fully saturated rings. The lowest BCUT2D eigenvalue weighted by Gasteiger charge is -2.28. The molecule has 0 aliphatic carbocycles. The number of rotatable bonds is 4. The van der Waals surface area contributed by atoms with E-state index >= 15 is 4.39 Å². The molecule has 1 unspecified atom stereocenters. The number of nitrogens with zero attached hydrogens (tertiary/aromatic N) is 3. The Bertz CT molecular complexity index is 1160. The molecule has 1 aliphatic heterocycles. The first-order valence-electron chi connectivity index (χ1n) is 9.90. The molecule has 0 radical (unpaired) electrons. The zero-order chi connectivity index (χ0) is 21.7. The molecule has 1 atom stereocenters. The van der Waals surface area contributed by atoms with Gasteiger partial charge in [-0.05, 0) is 55.2 Å². The number of carbonyl (C=O) groups excluding carboxylic acids is 1.